The quantitative estimate of drug-likeness (QED) is 0.457. The maximum atomic E-state index is 13.2. The molecule has 0 aliphatic heterocycles. The lowest BCUT2D eigenvalue weighted by molar-refractivity contribution is -0.137. The molecule has 0 saturated carbocycles. The number of hydrogen-bond donors (Lipinski definition) is 1. The minimum absolute atomic E-state index is 0.101. The number of carboxylic acid groups (broad SMARTS) is 1. The molecule has 1 aromatic heterocycles. The normalized spacial score (nSPS) is 11.6. The zero-order chi connectivity index (χ0) is 22.9. The first-order valence-electron chi connectivity index (χ1n) is 10.7. The summed E-state index contributed by atoms with van der Waals surface area (Å²) >= 11 is 0. The Balaban J connectivity index is 1.88. The average Bonchev–Trinajstić information content (AvgIpc) is 2.77. The van der Waals surface area contributed by atoms with Gasteiger partial charge >= 0.3 is 5.97 Å². The summed E-state index contributed by atoms with van der Waals surface area (Å²) in [5.41, 5.74) is 5.29. The summed E-state index contributed by atoms with van der Waals surface area (Å²) in [5, 5.41) is 9.21. The van der Waals surface area contributed by atoms with Crippen molar-refractivity contribution in [3.8, 4) is 22.3 Å². The van der Waals surface area contributed by atoms with E-state index < -0.39 is 11.4 Å². The van der Waals surface area contributed by atoms with Crippen LogP contribution in [0.15, 0.2) is 77.6 Å². The van der Waals surface area contributed by atoms with Crippen molar-refractivity contribution in [3.05, 3.63) is 88.8 Å². The van der Waals surface area contributed by atoms with E-state index in [0.717, 1.165) is 22.3 Å². The first kappa shape index (κ1) is 21.5. The van der Waals surface area contributed by atoms with Crippen LogP contribution in [0.4, 0.5) is 0 Å². The predicted molar refractivity (Wildman–Crippen MR) is 128 cm³/mol. The van der Waals surface area contributed by atoms with Crippen molar-refractivity contribution < 1.29 is 9.90 Å². The van der Waals surface area contributed by atoms with Crippen LogP contribution in [0.25, 0.3) is 33.3 Å². The highest BCUT2D eigenvalue weighted by Gasteiger charge is 2.23. The zero-order valence-electron chi connectivity index (χ0n) is 18.5. The van der Waals surface area contributed by atoms with Crippen LogP contribution >= 0.6 is 0 Å². The lowest BCUT2D eigenvalue weighted by Gasteiger charge is -2.20. The smallest absolute Gasteiger partial charge is 0.305 e. The van der Waals surface area contributed by atoms with Crippen molar-refractivity contribution in [1.29, 1.82) is 0 Å². The third-order valence-corrected chi connectivity index (χ3v) is 5.51. The molecule has 162 valence electrons. The van der Waals surface area contributed by atoms with Gasteiger partial charge in [0.1, 0.15) is 5.69 Å². The largest absolute Gasteiger partial charge is 0.481 e. The molecule has 4 rings (SSSR count). The summed E-state index contributed by atoms with van der Waals surface area (Å²) < 4.78 is 1.56. The molecule has 0 saturated heterocycles. The topological polar surface area (TPSA) is 72.2 Å². The number of aromatic nitrogens is 2. The Morgan fingerprint density at radius 2 is 1.50 bits per heavy atom. The Labute approximate surface area is 187 Å². The maximum Gasteiger partial charge on any atom is 0.305 e. The molecule has 5 nitrogen and oxygen atoms in total. The van der Waals surface area contributed by atoms with E-state index in [-0.39, 0.29) is 18.5 Å². The van der Waals surface area contributed by atoms with Gasteiger partial charge in [-0.05, 0) is 40.5 Å². The molecule has 0 aliphatic rings. The van der Waals surface area contributed by atoms with Crippen molar-refractivity contribution in [2.45, 2.75) is 39.2 Å². The molecule has 0 amide bonds. The van der Waals surface area contributed by atoms with E-state index in [4.69, 9.17) is 0 Å². The number of aliphatic carboxylic acids is 1. The Kier molecular flexibility index (Phi) is 5.66. The fourth-order valence-corrected chi connectivity index (χ4v) is 3.85. The standard InChI is InChI=1S/C27H26N2O3/c1-27(2,3)25-26(32)29(15-14-24(30)31)23-17-21(12-13-22(23)28-25)20-11-7-10-19(16-20)18-8-5-4-6-9-18/h4-13,16-17H,14-15H2,1-3H3,(H,30,31). The monoisotopic (exact) mass is 426 g/mol. The highest BCUT2D eigenvalue weighted by atomic mass is 16.4. The molecule has 0 aliphatic carbocycles. The number of rotatable bonds is 5. The molecule has 0 radical (unpaired) electrons. The lowest BCUT2D eigenvalue weighted by Crippen LogP contribution is -2.33. The van der Waals surface area contributed by atoms with Crippen LogP contribution in [0.3, 0.4) is 0 Å². The fraction of sp³-hybridized carbons (Fsp3) is 0.222. The molecule has 1 heterocycles. The molecule has 0 spiro atoms. The minimum Gasteiger partial charge on any atom is -0.481 e. The van der Waals surface area contributed by atoms with Gasteiger partial charge in [-0.15, -0.1) is 0 Å². The van der Waals surface area contributed by atoms with Gasteiger partial charge in [0.2, 0.25) is 0 Å². The molecule has 0 atom stereocenters. The second-order valence-electron chi connectivity index (χ2n) is 8.96. The highest BCUT2D eigenvalue weighted by Crippen LogP contribution is 2.29. The first-order chi connectivity index (χ1) is 15.2. The molecular formula is C27H26N2O3. The number of aryl methyl sites for hydroxylation is 1. The van der Waals surface area contributed by atoms with Gasteiger partial charge in [0.05, 0.1) is 17.5 Å². The SMILES string of the molecule is CC(C)(C)c1nc2ccc(-c3cccc(-c4ccccc4)c3)cc2n(CCC(=O)O)c1=O. The van der Waals surface area contributed by atoms with Crippen LogP contribution in [-0.2, 0) is 16.8 Å². The molecule has 1 N–H and O–H groups in total. The number of fused-ring (bicyclic) bond motifs is 1. The summed E-state index contributed by atoms with van der Waals surface area (Å²) in [6.07, 6.45) is -0.129. The van der Waals surface area contributed by atoms with Gasteiger partial charge in [-0.2, -0.15) is 0 Å². The summed E-state index contributed by atoms with van der Waals surface area (Å²) in [7, 11) is 0. The van der Waals surface area contributed by atoms with Gasteiger partial charge in [0.15, 0.2) is 0 Å². The molecular weight excluding hydrogens is 400 g/mol. The highest BCUT2D eigenvalue weighted by molar-refractivity contribution is 5.83. The van der Waals surface area contributed by atoms with E-state index in [1.165, 1.54) is 0 Å². The third kappa shape index (κ3) is 4.33. The zero-order valence-corrected chi connectivity index (χ0v) is 18.5. The number of benzene rings is 3. The second-order valence-corrected chi connectivity index (χ2v) is 8.96. The summed E-state index contributed by atoms with van der Waals surface area (Å²) in [6.45, 7) is 5.92. The Bertz CT molecular complexity index is 1350. The lowest BCUT2D eigenvalue weighted by atomic mass is 9.92. The van der Waals surface area contributed by atoms with Crippen molar-refractivity contribution in [2.75, 3.05) is 0 Å². The number of carbonyl (C=O) groups is 1. The molecule has 4 aromatic rings. The molecule has 3 aromatic carbocycles. The van der Waals surface area contributed by atoms with Crippen LogP contribution < -0.4 is 5.56 Å². The van der Waals surface area contributed by atoms with Gasteiger partial charge in [0, 0.05) is 12.0 Å². The van der Waals surface area contributed by atoms with E-state index in [9.17, 15) is 14.7 Å². The van der Waals surface area contributed by atoms with Gasteiger partial charge in [-0.25, -0.2) is 4.98 Å². The third-order valence-electron chi connectivity index (χ3n) is 5.51. The first-order valence-corrected chi connectivity index (χ1v) is 10.7. The van der Waals surface area contributed by atoms with Gasteiger partial charge in [-0.1, -0.05) is 75.4 Å². The van der Waals surface area contributed by atoms with Crippen LogP contribution in [0.1, 0.15) is 32.9 Å². The van der Waals surface area contributed by atoms with Gasteiger partial charge in [0.25, 0.3) is 5.56 Å². The van der Waals surface area contributed by atoms with E-state index in [2.05, 4.69) is 29.2 Å². The number of carboxylic acids is 1. The van der Waals surface area contributed by atoms with Crippen LogP contribution in [0.2, 0.25) is 0 Å². The van der Waals surface area contributed by atoms with Crippen LogP contribution in [-0.4, -0.2) is 20.6 Å². The van der Waals surface area contributed by atoms with Crippen LogP contribution in [0.5, 0.6) is 0 Å². The van der Waals surface area contributed by atoms with Crippen molar-refractivity contribution in [3.63, 3.8) is 0 Å². The van der Waals surface area contributed by atoms with Crippen molar-refractivity contribution in [2.24, 2.45) is 0 Å². The molecule has 5 heteroatoms. The molecule has 32 heavy (non-hydrogen) atoms. The second kappa shape index (κ2) is 8.42. The van der Waals surface area contributed by atoms with Gasteiger partial charge in [-0.3, -0.25) is 9.59 Å². The molecule has 0 bridgehead atoms. The minimum atomic E-state index is -0.939. The van der Waals surface area contributed by atoms with Crippen LogP contribution in [0, 0.1) is 0 Å². The molecule has 0 unspecified atom stereocenters. The Hall–Kier alpha value is -3.73. The summed E-state index contributed by atoms with van der Waals surface area (Å²) in [5.74, 6) is -0.939. The van der Waals surface area contributed by atoms with E-state index >= 15 is 0 Å². The molecule has 0 fully saturated rings. The van der Waals surface area contributed by atoms with Crippen molar-refractivity contribution in [1.82, 2.24) is 9.55 Å². The van der Waals surface area contributed by atoms with E-state index in [1.807, 2.05) is 69.3 Å². The van der Waals surface area contributed by atoms with E-state index in [0.29, 0.717) is 16.7 Å². The summed E-state index contributed by atoms with van der Waals surface area (Å²) in [4.78, 5) is 29.1. The summed E-state index contributed by atoms with van der Waals surface area (Å²) in [6, 6.07) is 24.2. The fourth-order valence-electron chi connectivity index (χ4n) is 3.85. The van der Waals surface area contributed by atoms with Gasteiger partial charge < -0.3 is 9.67 Å². The predicted octanol–water partition coefficient (Wildman–Crippen LogP) is 5.50. The number of nitrogens with zero attached hydrogens (tertiary/aromatic N) is 2. The Morgan fingerprint density at radius 3 is 2.16 bits per heavy atom. The number of hydrogen-bond acceptors (Lipinski definition) is 3. The van der Waals surface area contributed by atoms with Crippen molar-refractivity contribution >= 4 is 17.0 Å². The Morgan fingerprint density at radius 1 is 0.875 bits per heavy atom. The average molecular weight is 427 g/mol. The maximum absolute atomic E-state index is 13.2. The van der Waals surface area contributed by atoms with E-state index in [1.54, 1.807) is 4.57 Å².